The molecule has 0 fully saturated rings. The van der Waals surface area contributed by atoms with E-state index in [0.29, 0.717) is 0 Å². The highest BCUT2D eigenvalue weighted by Gasteiger charge is 2.06. The van der Waals surface area contributed by atoms with Gasteiger partial charge in [0.15, 0.2) is 0 Å². The van der Waals surface area contributed by atoms with Crippen LogP contribution in [0.5, 0.6) is 0 Å². The van der Waals surface area contributed by atoms with Crippen LogP contribution in [0, 0.1) is 0 Å². The molecule has 1 atom stereocenters. The summed E-state index contributed by atoms with van der Waals surface area (Å²) in [6, 6.07) is 0.211. The zero-order valence-electron chi connectivity index (χ0n) is 10.3. The van der Waals surface area contributed by atoms with Gasteiger partial charge in [-0.05, 0) is 6.42 Å². The fourth-order valence-electron chi connectivity index (χ4n) is 1.87. The quantitative estimate of drug-likeness (QED) is 0.654. The molecule has 0 spiro atoms. The molecule has 0 aliphatic carbocycles. The third kappa shape index (κ3) is 5.61. The van der Waals surface area contributed by atoms with Crippen molar-refractivity contribution in [2.45, 2.75) is 64.3 Å². The lowest BCUT2D eigenvalue weighted by Crippen LogP contribution is -2.08. The van der Waals surface area contributed by atoms with Crippen molar-refractivity contribution in [3.05, 3.63) is 16.6 Å². The molecule has 16 heavy (non-hydrogen) atoms. The predicted octanol–water partition coefficient (Wildman–Crippen LogP) is 4.28. The number of rotatable bonds is 9. The molecular formula is C13H24N2S. The van der Waals surface area contributed by atoms with Gasteiger partial charge in [-0.25, -0.2) is 0 Å². The van der Waals surface area contributed by atoms with Crippen LogP contribution in [0.1, 0.15) is 69.2 Å². The van der Waals surface area contributed by atoms with Gasteiger partial charge in [0.05, 0.1) is 5.51 Å². The number of aromatic nitrogens is 1. The van der Waals surface area contributed by atoms with Crippen molar-refractivity contribution in [2.75, 3.05) is 0 Å². The number of hydrogen-bond acceptors (Lipinski definition) is 3. The van der Waals surface area contributed by atoms with Crippen LogP contribution < -0.4 is 5.73 Å². The topological polar surface area (TPSA) is 38.9 Å². The standard InChI is InChI=1S/C13H24N2S/c1-2-3-4-5-6-7-8-9-12(14)13-10-15-11-16-13/h10-12H,2-9,14H2,1H3. The Morgan fingerprint density at radius 3 is 2.50 bits per heavy atom. The van der Waals surface area contributed by atoms with E-state index in [4.69, 9.17) is 5.73 Å². The molecule has 0 saturated heterocycles. The smallest absolute Gasteiger partial charge is 0.0794 e. The van der Waals surface area contributed by atoms with E-state index in [0.717, 1.165) is 6.42 Å². The Kier molecular flexibility index (Phi) is 7.43. The van der Waals surface area contributed by atoms with E-state index in [1.807, 2.05) is 11.7 Å². The fourth-order valence-corrected chi connectivity index (χ4v) is 2.53. The second-order valence-corrected chi connectivity index (χ2v) is 5.34. The van der Waals surface area contributed by atoms with Crippen molar-refractivity contribution in [2.24, 2.45) is 5.73 Å². The van der Waals surface area contributed by atoms with Crippen molar-refractivity contribution in [1.29, 1.82) is 0 Å². The van der Waals surface area contributed by atoms with Crippen molar-refractivity contribution < 1.29 is 0 Å². The average Bonchev–Trinajstić information content (AvgIpc) is 2.81. The molecule has 1 aromatic heterocycles. The van der Waals surface area contributed by atoms with E-state index in [1.165, 1.54) is 49.8 Å². The van der Waals surface area contributed by atoms with Crippen molar-refractivity contribution in [3.63, 3.8) is 0 Å². The molecular weight excluding hydrogens is 216 g/mol. The van der Waals surface area contributed by atoms with Gasteiger partial charge >= 0.3 is 0 Å². The lowest BCUT2D eigenvalue weighted by atomic mass is 10.1. The molecule has 0 aromatic carbocycles. The molecule has 0 aliphatic rings. The maximum absolute atomic E-state index is 6.07. The van der Waals surface area contributed by atoms with Crippen LogP contribution in [0.2, 0.25) is 0 Å². The lowest BCUT2D eigenvalue weighted by molar-refractivity contribution is 0.544. The first kappa shape index (κ1) is 13.7. The third-order valence-electron chi connectivity index (χ3n) is 2.94. The summed E-state index contributed by atoms with van der Waals surface area (Å²) in [6.45, 7) is 2.26. The van der Waals surface area contributed by atoms with Gasteiger partial charge in [-0.15, -0.1) is 11.3 Å². The Morgan fingerprint density at radius 1 is 1.19 bits per heavy atom. The molecule has 92 valence electrons. The summed E-state index contributed by atoms with van der Waals surface area (Å²) < 4.78 is 0. The molecule has 1 heterocycles. The summed E-state index contributed by atoms with van der Waals surface area (Å²) in [5, 5.41) is 0. The van der Waals surface area contributed by atoms with Gasteiger partial charge in [0.25, 0.3) is 0 Å². The molecule has 1 aromatic rings. The second-order valence-electron chi connectivity index (χ2n) is 4.42. The molecule has 0 aliphatic heterocycles. The molecule has 0 saturated carbocycles. The molecule has 0 radical (unpaired) electrons. The molecule has 2 N–H and O–H groups in total. The van der Waals surface area contributed by atoms with Crippen LogP contribution in [0.3, 0.4) is 0 Å². The second kappa shape index (κ2) is 8.71. The molecule has 0 bridgehead atoms. The average molecular weight is 240 g/mol. The molecule has 3 heteroatoms. The van der Waals surface area contributed by atoms with E-state index in [9.17, 15) is 0 Å². The summed E-state index contributed by atoms with van der Waals surface area (Å²) in [4.78, 5) is 5.29. The minimum Gasteiger partial charge on any atom is -0.323 e. The number of hydrogen-bond donors (Lipinski definition) is 1. The van der Waals surface area contributed by atoms with Gasteiger partial charge in [0.2, 0.25) is 0 Å². The zero-order chi connectivity index (χ0) is 11.6. The Bertz CT molecular complexity index is 246. The molecule has 1 rings (SSSR count). The van der Waals surface area contributed by atoms with Gasteiger partial charge in [0.1, 0.15) is 0 Å². The number of nitrogens with zero attached hydrogens (tertiary/aromatic N) is 1. The van der Waals surface area contributed by atoms with E-state index in [2.05, 4.69) is 11.9 Å². The highest BCUT2D eigenvalue weighted by atomic mass is 32.1. The van der Waals surface area contributed by atoms with E-state index >= 15 is 0 Å². The molecule has 2 nitrogen and oxygen atoms in total. The van der Waals surface area contributed by atoms with Crippen molar-refractivity contribution in [3.8, 4) is 0 Å². The van der Waals surface area contributed by atoms with Crippen molar-refractivity contribution in [1.82, 2.24) is 4.98 Å². The Hall–Kier alpha value is -0.410. The summed E-state index contributed by atoms with van der Waals surface area (Å²) in [5.74, 6) is 0. The van der Waals surface area contributed by atoms with Gasteiger partial charge < -0.3 is 5.73 Å². The van der Waals surface area contributed by atoms with Gasteiger partial charge in [-0.2, -0.15) is 0 Å². The molecule has 1 unspecified atom stereocenters. The van der Waals surface area contributed by atoms with E-state index in [-0.39, 0.29) is 6.04 Å². The summed E-state index contributed by atoms with van der Waals surface area (Å²) in [6.07, 6.45) is 12.5. The van der Waals surface area contributed by atoms with Gasteiger partial charge in [-0.3, -0.25) is 4.98 Å². The monoisotopic (exact) mass is 240 g/mol. The van der Waals surface area contributed by atoms with Crippen LogP contribution >= 0.6 is 11.3 Å². The highest BCUT2D eigenvalue weighted by Crippen LogP contribution is 2.20. The third-order valence-corrected chi connectivity index (χ3v) is 3.84. The Balaban J connectivity index is 1.95. The van der Waals surface area contributed by atoms with E-state index in [1.54, 1.807) is 11.3 Å². The minimum atomic E-state index is 0.211. The highest BCUT2D eigenvalue weighted by molar-refractivity contribution is 7.09. The Morgan fingerprint density at radius 2 is 1.88 bits per heavy atom. The fraction of sp³-hybridized carbons (Fsp3) is 0.769. The molecule has 0 amide bonds. The first-order valence-corrected chi connectivity index (χ1v) is 7.36. The number of unbranched alkanes of at least 4 members (excludes halogenated alkanes) is 6. The van der Waals surface area contributed by atoms with Crippen LogP contribution in [-0.4, -0.2) is 4.98 Å². The normalized spacial score (nSPS) is 12.9. The van der Waals surface area contributed by atoms with Crippen LogP contribution in [0.4, 0.5) is 0 Å². The lowest BCUT2D eigenvalue weighted by Gasteiger charge is -2.08. The predicted molar refractivity (Wildman–Crippen MR) is 71.7 cm³/mol. The SMILES string of the molecule is CCCCCCCCCC(N)c1cncs1. The van der Waals surface area contributed by atoms with E-state index < -0.39 is 0 Å². The first-order chi connectivity index (χ1) is 7.84. The first-order valence-electron chi connectivity index (χ1n) is 6.48. The minimum absolute atomic E-state index is 0.211. The van der Waals surface area contributed by atoms with Crippen LogP contribution in [0.15, 0.2) is 11.7 Å². The largest absolute Gasteiger partial charge is 0.323 e. The van der Waals surface area contributed by atoms with Gasteiger partial charge in [0, 0.05) is 17.1 Å². The summed E-state index contributed by atoms with van der Waals surface area (Å²) in [7, 11) is 0. The Labute approximate surface area is 103 Å². The van der Waals surface area contributed by atoms with Crippen molar-refractivity contribution >= 4 is 11.3 Å². The summed E-state index contributed by atoms with van der Waals surface area (Å²) >= 11 is 1.67. The maximum Gasteiger partial charge on any atom is 0.0794 e. The zero-order valence-corrected chi connectivity index (χ0v) is 11.1. The van der Waals surface area contributed by atoms with Crippen LogP contribution in [0.25, 0.3) is 0 Å². The van der Waals surface area contributed by atoms with Gasteiger partial charge in [-0.1, -0.05) is 51.9 Å². The summed E-state index contributed by atoms with van der Waals surface area (Å²) in [5.41, 5.74) is 7.93. The number of thiazole rings is 1. The number of nitrogens with two attached hydrogens (primary N) is 1. The van der Waals surface area contributed by atoms with Crippen LogP contribution in [-0.2, 0) is 0 Å². The maximum atomic E-state index is 6.07.